The molecule has 0 aromatic heterocycles. The summed E-state index contributed by atoms with van der Waals surface area (Å²) in [6.07, 6.45) is 6.40. The van der Waals surface area contributed by atoms with Crippen LogP contribution in [0.2, 0.25) is 0 Å². The summed E-state index contributed by atoms with van der Waals surface area (Å²) in [4.78, 5) is 2.62. The second kappa shape index (κ2) is 6.73. The number of rotatable bonds is 6. The Morgan fingerprint density at radius 2 is 1.75 bits per heavy atom. The van der Waals surface area contributed by atoms with Gasteiger partial charge in [-0.1, -0.05) is 0 Å². The first-order valence-corrected chi connectivity index (χ1v) is 8.43. The van der Waals surface area contributed by atoms with Crippen LogP contribution in [0.3, 0.4) is 0 Å². The molecule has 4 nitrogen and oxygen atoms in total. The molecule has 3 fully saturated rings. The van der Waals surface area contributed by atoms with Gasteiger partial charge in [-0.05, 0) is 45.4 Å². The lowest BCUT2D eigenvalue weighted by molar-refractivity contribution is -0.146. The molecule has 0 atom stereocenters. The molecule has 0 bridgehead atoms. The lowest BCUT2D eigenvalue weighted by Gasteiger charge is -2.41. The quantitative estimate of drug-likeness (QED) is 0.803. The van der Waals surface area contributed by atoms with Gasteiger partial charge in [0.05, 0.1) is 24.4 Å². The maximum Gasteiger partial charge on any atom is 0.0628 e. The molecule has 0 aromatic carbocycles. The Morgan fingerprint density at radius 1 is 1.05 bits per heavy atom. The standard InChI is InChI=1S/C16H30N2O2/c1-12(2)19-15-7-16(8-15)20-14-3-5-18(6-4-14)11-13-9-17-10-13/h12-17H,3-11H2,1-2H3. The van der Waals surface area contributed by atoms with Gasteiger partial charge in [-0.2, -0.15) is 0 Å². The van der Waals surface area contributed by atoms with Crippen LogP contribution in [0.1, 0.15) is 39.5 Å². The minimum Gasteiger partial charge on any atom is -0.375 e. The van der Waals surface area contributed by atoms with E-state index >= 15 is 0 Å². The Labute approximate surface area is 123 Å². The normalized spacial score (nSPS) is 33.1. The summed E-state index contributed by atoms with van der Waals surface area (Å²) in [5, 5.41) is 3.36. The number of nitrogens with zero attached hydrogens (tertiary/aromatic N) is 1. The van der Waals surface area contributed by atoms with E-state index < -0.39 is 0 Å². The SMILES string of the molecule is CC(C)OC1CC(OC2CCN(CC3CNC3)CC2)C1. The van der Waals surface area contributed by atoms with Crippen LogP contribution < -0.4 is 5.32 Å². The van der Waals surface area contributed by atoms with Gasteiger partial charge in [0.2, 0.25) is 0 Å². The number of hydrogen-bond acceptors (Lipinski definition) is 4. The zero-order chi connectivity index (χ0) is 13.9. The second-order valence-corrected chi connectivity index (χ2v) is 7.06. The number of nitrogens with one attached hydrogen (secondary N) is 1. The van der Waals surface area contributed by atoms with E-state index in [1.165, 1.54) is 45.6 Å². The molecule has 2 saturated heterocycles. The van der Waals surface area contributed by atoms with Crippen molar-refractivity contribution in [2.75, 3.05) is 32.7 Å². The molecule has 0 radical (unpaired) electrons. The highest BCUT2D eigenvalue weighted by molar-refractivity contribution is 4.85. The van der Waals surface area contributed by atoms with Crippen molar-refractivity contribution in [2.24, 2.45) is 5.92 Å². The van der Waals surface area contributed by atoms with Gasteiger partial charge in [-0.15, -0.1) is 0 Å². The Bertz CT molecular complexity index is 293. The Hall–Kier alpha value is -0.160. The predicted molar refractivity (Wildman–Crippen MR) is 79.9 cm³/mol. The molecule has 1 saturated carbocycles. The van der Waals surface area contributed by atoms with Gasteiger partial charge in [-0.25, -0.2) is 0 Å². The molecule has 1 aliphatic carbocycles. The fourth-order valence-corrected chi connectivity index (χ4v) is 3.47. The molecule has 3 aliphatic rings. The van der Waals surface area contributed by atoms with E-state index in [0.717, 1.165) is 18.8 Å². The molecule has 3 rings (SSSR count). The fourth-order valence-electron chi connectivity index (χ4n) is 3.47. The molecule has 1 N–H and O–H groups in total. The van der Waals surface area contributed by atoms with Crippen LogP contribution in [0.5, 0.6) is 0 Å². The van der Waals surface area contributed by atoms with Crippen molar-refractivity contribution in [3.05, 3.63) is 0 Å². The summed E-state index contributed by atoms with van der Waals surface area (Å²) in [6.45, 7) is 10.4. The highest BCUT2D eigenvalue weighted by atomic mass is 16.5. The average Bonchev–Trinajstić information content (AvgIpc) is 2.32. The van der Waals surface area contributed by atoms with E-state index in [4.69, 9.17) is 9.47 Å². The van der Waals surface area contributed by atoms with Gasteiger partial charge in [-0.3, -0.25) is 0 Å². The Morgan fingerprint density at radius 3 is 2.30 bits per heavy atom. The van der Waals surface area contributed by atoms with Gasteiger partial charge in [0.25, 0.3) is 0 Å². The number of likely N-dealkylation sites (tertiary alicyclic amines) is 1. The molecule has 116 valence electrons. The van der Waals surface area contributed by atoms with E-state index in [1.807, 2.05) is 0 Å². The second-order valence-electron chi connectivity index (χ2n) is 7.06. The third-order valence-electron chi connectivity index (χ3n) is 4.82. The van der Waals surface area contributed by atoms with Crippen LogP contribution >= 0.6 is 0 Å². The van der Waals surface area contributed by atoms with Gasteiger partial charge < -0.3 is 19.7 Å². The van der Waals surface area contributed by atoms with Crippen LogP contribution in [-0.2, 0) is 9.47 Å². The van der Waals surface area contributed by atoms with E-state index in [0.29, 0.717) is 24.4 Å². The molecular formula is C16H30N2O2. The first-order chi connectivity index (χ1) is 9.69. The van der Waals surface area contributed by atoms with Crippen molar-refractivity contribution in [3.8, 4) is 0 Å². The van der Waals surface area contributed by atoms with Gasteiger partial charge in [0.15, 0.2) is 0 Å². The molecular weight excluding hydrogens is 252 g/mol. The van der Waals surface area contributed by atoms with Crippen LogP contribution in [0.25, 0.3) is 0 Å². The van der Waals surface area contributed by atoms with E-state index in [2.05, 4.69) is 24.1 Å². The van der Waals surface area contributed by atoms with Gasteiger partial charge in [0, 0.05) is 32.7 Å². The zero-order valence-corrected chi connectivity index (χ0v) is 13.0. The number of piperidine rings is 1. The van der Waals surface area contributed by atoms with Crippen molar-refractivity contribution in [1.82, 2.24) is 10.2 Å². The summed E-state index contributed by atoms with van der Waals surface area (Å²) in [5.74, 6) is 0.896. The fraction of sp³-hybridized carbons (Fsp3) is 1.00. The monoisotopic (exact) mass is 282 g/mol. The minimum atomic E-state index is 0.352. The molecule has 0 spiro atoms. The van der Waals surface area contributed by atoms with Crippen molar-refractivity contribution in [3.63, 3.8) is 0 Å². The first-order valence-electron chi connectivity index (χ1n) is 8.43. The van der Waals surface area contributed by atoms with Gasteiger partial charge in [0.1, 0.15) is 0 Å². The van der Waals surface area contributed by atoms with Gasteiger partial charge >= 0.3 is 0 Å². The largest absolute Gasteiger partial charge is 0.375 e. The van der Waals surface area contributed by atoms with Crippen LogP contribution in [0.4, 0.5) is 0 Å². The summed E-state index contributed by atoms with van der Waals surface area (Å²) in [6, 6.07) is 0. The molecule has 0 amide bonds. The first kappa shape index (κ1) is 14.8. The van der Waals surface area contributed by atoms with Crippen LogP contribution in [0, 0.1) is 5.92 Å². The van der Waals surface area contributed by atoms with Crippen LogP contribution in [0.15, 0.2) is 0 Å². The lowest BCUT2D eigenvalue weighted by Crippen LogP contribution is -2.50. The molecule has 2 aliphatic heterocycles. The van der Waals surface area contributed by atoms with E-state index in [1.54, 1.807) is 0 Å². The summed E-state index contributed by atoms with van der Waals surface area (Å²) in [5.41, 5.74) is 0. The smallest absolute Gasteiger partial charge is 0.0628 e. The zero-order valence-electron chi connectivity index (χ0n) is 13.0. The Balaban J connectivity index is 1.27. The Kier molecular flexibility index (Phi) is 4.97. The highest BCUT2D eigenvalue weighted by Gasteiger charge is 2.34. The third-order valence-corrected chi connectivity index (χ3v) is 4.82. The van der Waals surface area contributed by atoms with E-state index in [9.17, 15) is 0 Å². The average molecular weight is 282 g/mol. The third kappa shape index (κ3) is 3.94. The maximum absolute atomic E-state index is 6.21. The molecule has 0 aromatic rings. The van der Waals surface area contributed by atoms with Crippen molar-refractivity contribution in [2.45, 2.75) is 63.9 Å². The molecule has 20 heavy (non-hydrogen) atoms. The lowest BCUT2D eigenvalue weighted by atomic mass is 9.91. The number of hydrogen-bond donors (Lipinski definition) is 1. The number of ether oxygens (including phenoxy) is 2. The topological polar surface area (TPSA) is 33.7 Å². The molecule has 0 unspecified atom stereocenters. The summed E-state index contributed by atoms with van der Waals surface area (Å²) in [7, 11) is 0. The predicted octanol–water partition coefficient (Wildman–Crippen LogP) is 1.64. The maximum atomic E-state index is 6.21. The highest BCUT2D eigenvalue weighted by Crippen LogP contribution is 2.30. The van der Waals surface area contributed by atoms with Crippen LogP contribution in [-0.4, -0.2) is 62.0 Å². The van der Waals surface area contributed by atoms with E-state index in [-0.39, 0.29) is 0 Å². The molecule has 2 heterocycles. The van der Waals surface area contributed by atoms with Crippen molar-refractivity contribution >= 4 is 0 Å². The minimum absolute atomic E-state index is 0.352. The summed E-state index contributed by atoms with van der Waals surface area (Å²) < 4.78 is 12.0. The molecule has 4 heteroatoms. The van der Waals surface area contributed by atoms with Crippen molar-refractivity contribution in [1.29, 1.82) is 0 Å². The summed E-state index contributed by atoms with van der Waals surface area (Å²) >= 11 is 0. The van der Waals surface area contributed by atoms with Crippen molar-refractivity contribution < 1.29 is 9.47 Å².